The van der Waals surface area contributed by atoms with E-state index >= 15 is 0 Å². The van der Waals surface area contributed by atoms with Crippen LogP contribution in [-0.4, -0.2) is 41.1 Å². The summed E-state index contributed by atoms with van der Waals surface area (Å²) in [5.41, 5.74) is 0.738. The molecule has 7 nitrogen and oxygen atoms in total. The van der Waals surface area contributed by atoms with E-state index in [1.165, 1.54) is 0 Å². The van der Waals surface area contributed by atoms with Crippen molar-refractivity contribution in [3.05, 3.63) is 30.1 Å². The van der Waals surface area contributed by atoms with Gasteiger partial charge in [-0.1, -0.05) is 6.07 Å². The predicted molar refractivity (Wildman–Crippen MR) is 68.8 cm³/mol. The van der Waals surface area contributed by atoms with Crippen LogP contribution in [0.15, 0.2) is 24.4 Å². The average molecular weight is 280 g/mol. The van der Waals surface area contributed by atoms with E-state index in [9.17, 15) is 14.4 Å². The van der Waals surface area contributed by atoms with E-state index in [4.69, 9.17) is 5.11 Å². The number of aliphatic carboxylic acids is 1. The molecule has 0 fully saturated rings. The van der Waals surface area contributed by atoms with Crippen molar-refractivity contribution in [3.63, 3.8) is 0 Å². The van der Waals surface area contributed by atoms with Crippen LogP contribution in [-0.2, 0) is 25.5 Å². The molecule has 0 aliphatic rings. The minimum absolute atomic E-state index is 0.0992. The Kier molecular flexibility index (Phi) is 6.15. The molecule has 0 aliphatic carbocycles. The Labute approximate surface area is 116 Å². The smallest absolute Gasteiger partial charge is 0.326 e. The summed E-state index contributed by atoms with van der Waals surface area (Å²) >= 11 is 0. The minimum atomic E-state index is -1.28. The molecule has 0 bridgehead atoms. The number of pyridine rings is 1. The third kappa shape index (κ3) is 5.47. The van der Waals surface area contributed by atoms with Gasteiger partial charge >= 0.3 is 11.9 Å². The lowest BCUT2D eigenvalue weighted by atomic mass is 10.1. The second-order valence-electron chi connectivity index (χ2n) is 4.06. The number of hydrogen-bond acceptors (Lipinski definition) is 5. The van der Waals surface area contributed by atoms with Crippen LogP contribution in [0, 0.1) is 0 Å². The number of nitrogens with one attached hydrogen (secondary N) is 1. The molecule has 0 aliphatic heterocycles. The van der Waals surface area contributed by atoms with Gasteiger partial charge in [-0.05, 0) is 18.6 Å². The van der Waals surface area contributed by atoms with Crippen molar-refractivity contribution in [1.29, 1.82) is 0 Å². The van der Waals surface area contributed by atoms with E-state index in [1.807, 2.05) is 0 Å². The third-order valence-corrected chi connectivity index (χ3v) is 2.57. The monoisotopic (exact) mass is 280 g/mol. The molecule has 1 heterocycles. The van der Waals surface area contributed by atoms with Crippen molar-refractivity contribution in [2.75, 3.05) is 7.11 Å². The van der Waals surface area contributed by atoms with Gasteiger partial charge in [0.15, 0.2) is 0 Å². The zero-order valence-corrected chi connectivity index (χ0v) is 11.0. The predicted octanol–water partition coefficient (Wildman–Crippen LogP) is 0.147. The number of carboxylic acid groups (broad SMARTS) is 1. The van der Waals surface area contributed by atoms with Crippen LogP contribution in [0.1, 0.15) is 18.5 Å². The van der Waals surface area contributed by atoms with Crippen LogP contribution >= 0.6 is 0 Å². The van der Waals surface area contributed by atoms with Gasteiger partial charge in [0.1, 0.15) is 6.04 Å². The maximum Gasteiger partial charge on any atom is 0.326 e. The summed E-state index contributed by atoms with van der Waals surface area (Å²) in [5, 5.41) is 11.2. The number of ether oxygens (including phenoxy) is 1. The van der Waals surface area contributed by atoms with E-state index in [1.54, 1.807) is 24.4 Å². The van der Waals surface area contributed by atoms with Gasteiger partial charge in [0.25, 0.3) is 0 Å². The van der Waals surface area contributed by atoms with Crippen LogP contribution in [0.5, 0.6) is 0 Å². The number of rotatable bonds is 7. The fourth-order valence-electron chi connectivity index (χ4n) is 1.50. The number of hydrogen-bond donors (Lipinski definition) is 2. The Bertz CT molecular complexity index is 475. The van der Waals surface area contributed by atoms with Gasteiger partial charge < -0.3 is 15.2 Å². The molecule has 1 amide bonds. The Morgan fingerprint density at radius 2 is 2.15 bits per heavy atom. The van der Waals surface area contributed by atoms with Crippen molar-refractivity contribution >= 4 is 17.8 Å². The van der Waals surface area contributed by atoms with Crippen molar-refractivity contribution in [2.45, 2.75) is 25.3 Å². The molecule has 1 aromatic rings. The van der Waals surface area contributed by atoms with Crippen LogP contribution in [0.3, 0.4) is 0 Å². The van der Waals surface area contributed by atoms with E-state index < -0.39 is 30.3 Å². The molecule has 0 unspecified atom stereocenters. The SMILES string of the molecule is COC(=O)C[C@H](NC(=O)CCc1ccccn1)C(=O)O. The molecular formula is C13H16N2O5. The number of aryl methyl sites for hydroxylation is 1. The summed E-state index contributed by atoms with van der Waals surface area (Å²) in [5.74, 6) is -2.42. The van der Waals surface area contributed by atoms with Crippen molar-refractivity contribution in [2.24, 2.45) is 0 Å². The summed E-state index contributed by atoms with van der Waals surface area (Å²) in [6.45, 7) is 0. The maximum atomic E-state index is 11.6. The molecule has 0 saturated carbocycles. The number of esters is 1. The molecule has 1 rings (SSSR count). The quantitative estimate of drug-likeness (QED) is 0.688. The van der Waals surface area contributed by atoms with Crippen molar-refractivity contribution < 1.29 is 24.2 Å². The largest absolute Gasteiger partial charge is 0.480 e. The van der Waals surface area contributed by atoms with E-state index in [-0.39, 0.29) is 6.42 Å². The van der Waals surface area contributed by atoms with Gasteiger partial charge in [-0.3, -0.25) is 14.6 Å². The zero-order chi connectivity index (χ0) is 15.0. The first-order valence-corrected chi connectivity index (χ1v) is 6.02. The highest BCUT2D eigenvalue weighted by atomic mass is 16.5. The number of aromatic nitrogens is 1. The molecule has 0 radical (unpaired) electrons. The summed E-state index contributed by atoms with van der Waals surface area (Å²) in [6.07, 6.45) is 1.71. The van der Waals surface area contributed by atoms with Gasteiger partial charge in [0, 0.05) is 18.3 Å². The lowest BCUT2D eigenvalue weighted by Crippen LogP contribution is -2.42. The molecule has 7 heteroatoms. The number of carboxylic acids is 1. The molecule has 2 N–H and O–H groups in total. The summed E-state index contributed by atoms with van der Waals surface area (Å²) in [4.78, 5) is 37.7. The highest BCUT2D eigenvalue weighted by Gasteiger charge is 2.23. The summed E-state index contributed by atoms with van der Waals surface area (Å²) in [6, 6.07) is 4.06. The number of amides is 1. The molecule has 0 spiro atoms. The zero-order valence-electron chi connectivity index (χ0n) is 11.0. The van der Waals surface area contributed by atoms with Crippen LogP contribution in [0.2, 0.25) is 0 Å². The Balaban J connectivity index is 2.46. The Morgan fingerprint density at radius 3 is 2.70 bits per heavy atom. The lowest BCUT2D eigenvalue weighted by molar-refractivity contribution is -0.148. The summed E-state index contributed by atoms with van der Waals surface area (Å²) in [7, 11) is 1.16. The second-order valence-corrected chi connectivity index (χ2v) is 4.06. The number of nitrogens with zero attached hydrogens (tertiary/aromatic N) is 1. The topological polar surface area (TPSA) is 106 Å². The first-order chi connectivity index (χ1) is 9.52. The van der Waals surface area contributed by atoms with Crippen LogP contribution in [0.25, 0.3) is 0 Å². The van der Waals surface area contributed by atoms with Crippen LogP contribution < -0.4 is 5.32 Å². The first-order valence-electron chi connectivity index (χ1n) is 6.02. The van der Waals surface area contributed by atoms with E-state index in [2.05, 4.69) is 15.0 Å². The first kappa shape index (κ1) is 15.6. The molecule has 20 heavy (non-hydrogen) atoms. The lowest BCUT2D eigenvalue weighted by Gasteiger charge is -2.13. The van der Waals surface area contributed by atoms with Crippen molar-refractivity contribution in [1.82, 2.24) is 10.3 Å². The molecule has 1 atom stereocenters. The Morgan fingerprint density at radius 1 is 1.40 bits per heavy atom. The van der Waals surface area contributed by atoms with Gasteiger partial charge in [-0.15, -0.1) is 0 Å². The van der Waals surface area contributed by atoms with Crippen molar-refractivity contribution in [3.8, 4) is 0 Å². The fourth-order valence-corrected chi connectivity index (χ4v) is 1.50. The summed E-state index contributed by atoms with van der Waals surface area (Å²) < 4.78 is 4.38. The molecule has 0 aromatic carbocycles. The third-order valence-electron chi connectivity index (χ3n) is 2.57. The molecule has 108 valence electrons. The van der Waals surface area contributed by atoms with E-state index in [0.717, 1.165) is 12.8 Å². The van der Waals surface area contributed by atoms with Gasteiger partial charge in [0.2, 0.25) is 5.91 Å². The highest BCUT2D eigenvalue weighted by molar-refractivity contribution is 5.87. The maximum absolute atomic E-state index is 11.6. The van der Waals surface area contributed by atoms with Gasteiger partial charge in [-0.2, -0.15) is 0 Å². The number of carbonyl (C=O) groups is 3. The fraction of sp³-hybridized carbons (Fsp3) is 0.385. The Hall–Kier alpha value is -2.44. The van der Waals surface area contributed by atoms with Gasteiger partial charge in [-0.25, -0.2) is 4.79 Å². The highest BCUT2D eigenvalue weighted by Crippen LogP contribution is 2.00. The normalized spacial score (nSPS) is 11.4. The van der Waals surface area contributed by atoms with E-state index in [0.29, 0.717) is 6.42 Å². The molecule has 0 saturated heterocycles. The minimum Gasteiger partial charge on any atom is -0.480 e. The van der Waals surface area contributed by atoms with Crippen LogP contribution in [0.4, 0.5) is 0 Å². The molecule has 1 aromatic heterocycles. The number of methoxy groups -OCH3 is 1. The van der Waals surface area contributed by atoms with Gasteiger partial charge in [0.05, 0.1) is 13.5 Å². The average Bonchev–Trinajstić information content (AvgIpc) is 2.45. The standard InChI is InChI=1S/C13H16N2O5/c1-20-12(17)8-10(13(18)19)15-11(16)6-5-9-4-2-3-7-14-9/h2-4,7,10H,5-6,8H2,1H3,(H,15,16)(H,18,19)/t10-/m0/s1. The second kappa shape index (κ2) is 7.88. The number of carbonyl (C=O) groups excluding carboxylic acids is 2. The molecular weight excluding hydrogens is 264 g/mol.